The van der Waals surface area contributed by atoms with Crippen molar-refractivity contribution in [1.29, 1.82) is 0 Å². The molecule has 0 saturated carbocycles. The fraction of sp³-hybridized carbons (Fsp3) is 0.632. The molecule has 3 nitrogen and oxygen atoms in total. The van der Waals surface area contributed by atoms with E-state index < -0.39 is 5.79 Å². The molecule has 0 N–H and O–H groups in total. The molecule has 2 rings (SSSR count). The maximum absolute atomic E-state index is 6.03. The summed E-state index contributed by atoms with van der Waals surface area (Å²) in [7, 11) is 0. The van der Waals surface area contributed by atoms with Crippen LogP contribution in [0.3, 0.4) is 0 Å². The molecule has 0 saturated heterocycles. The van der Waals surface area contributed by atoms with E-state index in [0.717, 1.165) is 6.42 Å². The van der Waals surface area contributed by atoms with Gasteiger partial charge in [-0.05, 0) is 0 Å². The molecule has 1 aliphatic rings. The van der Waals surface area contributed by atoms with Crippen LogP contribution < -0.4 is 21.4 Å². The predicted molar refractivity (Wildman–Crippen MR) is 97.1 cm³/mol. The average Bonchev–Trinajstić information content (AvgIpc) is 2.86. The summed E-state index contributed by atoms with van der Waals surface area (Å²) in [5.41, 5.74) is 0.0768. The minimum atomic E-state index is -0.547. The fourth-order valence-electron chi connectivity index (χ4n) is 3.11. The summed E-state index contributed by atoms with van der Waals surface area (Å²) in [4.78, 5) is 0. The SMILES string of the molecule is CCOC1(OCC)C=[N+](C(C)(C)C)C(C[Se]c2ccccc2)C1.[Br-]. The molecule has 1 heterocycles. The Morgan fingerprint density at radius 3 is 2.21 bits per heavy atom. The Kier molecular flexibility index (Phi) is 8.64. The van der Waals surface area contributed by atoms with Gasteiger partial charge in [0, 0.05) is 0 Å². The normalized spacial score (nSPS) is 19.7. The molecule has 0 spiro atoms. The molecule has 1 atom stereocenters. The van der Waals surface area contributed by atoms with Crippen LogP contribution >= 0.6 is 0 Å². The van der Waals surface area contributed by atoms with Crippen LogP contribution in [0.2, 0.25) is 5.32 Å². The molecule has 0 aromatic heterocycles. The van der Waals surface area contributed by atoms with Crippen LogP contribution in [-0.2, 0) is 9.47 Å². The molecule has 1 unspecified atom stereocenters. The van der Waals surface area contributed by atoms with Crippen LogP contribution in [-0.4, -0.2) is 56.3 Å². The standard InChI is InChI=1S/C19H30NO2Se.BrH/c1-6-21-19(22-7-2)13-16(20(15-19)18(3,4)5)14-23-17-11-9-8-10-12-17;/h8-12,15-16H,6-7,13-14H2,1-5H3;1H/q+1;/p-1. The van der Waals surface area contributed by atoms with Gasteiger partial charge >= 0.3 is 147 Å². The van der Waals surface area contributed by atoms with Crippen molar-refractivity contribution < 1.29 is 31.0 Å². The summed E-state index contributed by atoms with van der Waals surface area (Å²) < 4.78 is 16.0. The Morgan fingerprint density at radius 1 is 1.12 bits per heavy atom. The maximum Gasteiger partial charge on any atom is -1.00 e. The van der Waals surface area contributed by atoms with Crippen molar-refractivity contribution in [2.24, 2.45) is 0 Å². The Labute approximate surface area is 163 Å². The average molecular weight is 463 g/mol. The van der Waals surface area contributed by atoms with Gasteiger partial charge in [-0.15, -0.1) is 0 Å². The molecule has 0 amide bonds. The maximum atomic E-state index is 6.03. The van der Waals surface area contributed by atoms with E-state index in [-0.39, 0.29) is 22.5 Å². The predicted octanol–water partition coefficient (Wildman–Crippen LogP) is -0.138. The van der Waals surface area contributed by atoms with E-state index >= 15 is 0 Å². The topological polar surface area (TPSA) is 21.5 Å². The monoisotopic (exact) mass is 463 g/mol. The van der Waals surface area contributed by atoms with E-state index in [0.29, 0.717) is 34.2 Å². The van der Waals surface area contributed by atoms with Crippen molar-refractivity contribution in [3.05, 3.63) is 30.3 Å². The Bertz CT molecular complexity index is 522. The van der Waals surface area contributed by atoms with Crippen molar-refractivity contribution in [3.63, 3.8) is 0 Å². The van der Waals surface area contributed by atoms with Gasteiger partial charge in [-0.2, -0.15) is 0 Å². The van der Waals surface area contributed by atoms with Gasteiger partial charge in [0.05, 0.1) is 0 Å². The van der Waals surface area contributed by atoms with E-state index in [4.69, 9.17) is 9.47 Å². The van der Waals surface area contributed by atoms with Crippen LogP contribution in [0.1, 0.15) is 41.0 Å². The van der Waals surface area contributed by atoms with Gasteiger partial charge < -0.3 is 17.0 Å². The van der Waals surface area contributed by atoms with Gasteiger partial charge in [-0.3, -0.25) is 0 Å². The fourth-order valence-corrected chi connectivity index (χ4v) is 5.23. The number of nitrogens with zero attached hydrogens (tertiary/aromatic N) is 1. The summed E-state index contributed by atoms with van der Waals surface area (Å²) in [6, 6.07) is 11.3. The third-order valence-corrected chi connectivity index (χ3v) is 6.41. The first-order chi connectivity index (χ1) is 10.9. The summed E-state index contributed by atoms with van der Waals surface area (Å²) in [5.74, 6) is -0.547. The smallest absolute Gasteiger partial charge is 1.00 e. The van der Waals surface area contributed by atoms with Crippen molar-refractivity contribution in [1.82, 2.24) is 0 Å². The number of ether oxygens (including phenoxy) is 2. The van der Waals surface area contributed by atoms with Gasteiger partial charge in [0.1, 0.15) is 0 Å². The molecule has 1 aromatic carbocycles. The zero-order valence-corrected chi connectivity index (χ0v) is 18.7. The van der Waals surface area contributed by atoms with Crippen LogP contribution in [0, 0.1) is 0 Å². The van der Waals surface area contributed by atoms with E-state index in [1.807, 2.05) is 13.8 Å². The summed E-state index contributed by atoms with van der Waals surface area (Å²) >= 11 is 0.470. The summed E-state index contributed by atoms with van der Waals surface area (Å²) in [5, 5.41) is 1.17. The number of hydrogen-bond donors (Lipinski definition) is 0. The van der Waals surface area contributed by atoms with Crippen LogP contribution in [0.15, 0.2) is 30.3 Å². The van der Waals surface area contributed by atoms with Gasteiger partial charge in [0.15, 0.2) is 0 Å². The third-order valence-electron chi connectivity index (χ3n) is 3.99. The first-order valence-electron chi connectivity index (χ1n) is 8.50. The van der Waals surface area contributed by atoms with Gasteiger partial charge in [-0.25, -0.2) is 0 Å². The van der Waals surface area contributed by atoms with Crippen molar-refractivity contribution >= 4 is 25.6 Å². The summed E-state index contributed by atoms with van der Waals surface area (Å²) in [6.07, 6.45) is 3.12. The number of rotatable bonds is 7. The molecule has 1 aliphatic heterocycles. The van der Waals surface area contributed by atoms with Gasteiger partial charge in [0.25, 0.3) is 0 Å². The van der Waals surface area contributed by atoms with Crippen molar-refractivity contribution in [2.45, 2.75) is 63.7 Å². The first kappa shape index (κ1) is 21.9. The Morgan fingerprint density at radius 2 is 1.71 bits per heavy atom. The van der Waals surface area contributed by atoms with E-state index in [9.17, 15) is 0 Å². The van der Waals surface area contributed by atoms with E-state index in [2.05, 4.69) is 61.9 Å². The first-order valence-corrected chi connectivity index (χ1v) is 10.6. The minimum absolute atomic E-state index is 0. The van der Waals surface area contributed by atoms with Gasteiger partial charge in [0.2, 0.25) is 0 Å². The largest absolute Gasteiger partial charge is 1.00 e. The van der Waals surface area contributed by atoms with Crippen LogP contribution in [0.25, 0.3) is 0 Å². The molecule has 0 aliphatic carbocycles. The zero-order chi connectivity index (χ0) is 16.9. The number of hydrogen-bond acceptors (Lipinski definition) is 2. The van der Waals surface area contributed by atoms with Gasteiger partial charge in [-0.1, -0.05) is 0 Å². The molecule has 24 heavy (non-hydrogen) atoms. The number of halogens is 1. The van der Waals surface area contributed by atoms with Crippen molar-refractivity contribution in [2.75, 3.05) is 13.2 Å². The molecule has 0 radical (unpaired) electrons. The Balaban J connectivity index is 0.00000288. The minimum Gasteiger partial charge on any atom is -1.00 e. The third kappa shape index (κ3) is 5.67. The molecular weight excluding hydrogens is 433 g/mol. The van der Waals surface area contributed by atoms with E-state index in [1.54, 1.807) is 0 Å². The van der Waals surface area contributed by atoms with Crippen LogP contribution in [0.5, 0.6) is 0 Å². The molecule has 0 bridgehead atoms. The van der Waals surface area contributed by atoms with Crippen LogP contribution in [0.4, 0.5) is 0 Å². The quantitative estimate of drug-likeness (QED) is 0.319. The summed E-state index contributed by atoms with van der Waals surface area (Å²) in [6.45, 7) is 12.2. The van der Waals surface area contributed by atoms with E-state index in [1.165, 1.54) is 9.78 Å². The Hall–Kier alpha value is -0.191. The second-order valence-electron chi connectivity index (χ2n) is 6.87. The number of benzene rings is 1. The zero-order valence-electron chi connectivity index (χ0n) is 15.4. The molecule has 136 valence electrons. The van der Waals surface area contributed by atoms with Crippen molar-refractivity contribution in [3.8, 4) is 0 Å². The molecular formula is C19H30BrNO2Se. The molecule has 0 fully saturated rings. The molecule has 5 heteroatoms. The molecule has 1 aromatic rings. The second kappa shape index (κ2) is 9.49. The second-order valence-corrected chi connectivity index (χ2v) is 9.16.